The summed E-state index contributed by atoms with van der Waals surface area (Å²) in [5, 5.41) is 0. The molecule has 0 fully saturated rings. The molecule has 0 spiro atoms. The van der Waals surface area contributed by atoms with E-state index in [9.17, 15) is 14.4 Å². The number of hydrogen-bond donors (Lipinski definition) is 0. The normalized spacial score (nSPS) is 12.7. The summed E-state index contributed by atoms with van der Waals surface area (Å²) in [5.41, 5.74) is 0. The summed E-state index contributed by atoms with van der Waals surface area (Å²) in [6, 6.07) is 0. The highest BCUT2D eigenvalue weighted by Crippen LogP contribution is 2.14. The molecule has 308 valence electrons. The van der Waals surface area contributed by atoms with E-state index in [1.54, 1.807) is 6.08 Å². The quantitative estimate of drug-likeness (QED) is 0.0205. The number of esters is 3. The van der Waals surface area contributed by atoms with Gasteiger partial charge in [0.15, 0.2) is 6.10 Å². The smallest absolute Gasteiger partial charge is 0.309 e. The number of ether oxygens (including phenoxy) is 3. The van der Waals surface area contributed by atoms with Gasteiger partial charge in [0.25, 0.3) is 0 Å². The van der Waals surface area contributed by atoms with Crippen molar-refractivity contribution in [3.8, 4) is 0 Å². The fourth-order valence-corrected chi connectivity index (χ4v) is 5.80. The maximum Gasteiger partial charge on any atom is 0.309 e. The van der Waals surface area contributed by atoms with E-state index >= 15 is 0 Å². The van der Waals surface area contributed by atoms with Crippen LogP contribution in [0.2, 0.25) is 0 Å². The SMILES string of the molecule is CC\C=C/C=C\C=C/CCCCCCCCCC(=O)OCC(COC(=O)C/C=C\C/C=C\C/C=C\CC)OC(=O)CCCCCCCCCCCCCC. The molecule has 0 aromatic rings. The topological polar surface area (TPSA) is 78.9 Å². The molecule has 1 atom stereocenters. The standard InChI is InChI=1S/C48H80O6/c1-4-7-10-13-16-19-21-23-24-25-27-29-32-35-38-41-47(50)53-44-45(43-52-46(49)40-37-34-31-28-18-15-12-9-6-3)54-48(51)42-39-36-33-30-26-22-20-17-14-11-8-5-2/h7,9-10,12-13,16,18-19,21,28,34,37,45H,4-6,8,11,14-15,17,20,22-27,29-33,35-36,38-44H2,1-3H3/b10-7-,12-9-,16-13-,21-19-,28-18-,37-34-. The average molecular weight is 753 g/mol. The molecule has 6 nitrogen and oxygen atoms in total. The molecule has 6 heteroatoms. The van der Waals surface area contributed by atoms with E-state index in [-0.39, 0.29) is 31.6 Å². The highest BCUT2D eigenvalue weighted by molar-refractivity contribution is 5.72. The first-order valence-electron chi connectivity index (χ1n) is 22.0. The lowest BCUT2D eigenvalue weighted by molar-refractivity contribution is -0.166. The second-order valence-electron chi connectivity index (χ2n) is 14.3. The van der Waals surface area contributed by atoms with E-state index in [0.29, 0.717) is 12.8 Å². The van der Waals surface area contributed by atoms with Crippen molar-refractivity contribution >= 4 is 17.9 Å². The van der Waals surface area contributed by atoms with Crippen LogP contribution in [0.4, 0.5) is 0 Å². The summed E-state index contributed by atoms with van der Waals surface area (Å²) < 4.78 is 16.6. The lowest BCUT2D eigenvalue weighted by Crippen LogP contribution is -2.30. The summed E-state index contributed by atoms with van der Waals surface area (Å²) in [6.07, 6.45) is 52.0. The maximum absolute atomic E-state index is 12.7. The van der Waals surface area contributed by atoms with Gasteiger partial charge in [0.1, 0.15) is 13.2 Å². The van der Waals surface area contributed by atoms with Crippen molar-refractivity contribution in [3.63, 3.8) is 0 Å². The van der Waals surface area contributed by atoms with Crippen molar-refractivity contribution in [2.75, 3.05) is 13.2 Å². The molecule has 0 bridgehead atoms. The first-order chi connectivity index (χ1) is 26.5. The summed E-state index contributed by atoms with van der Waals surface area (Å²) >= 11 is 0. The zero-order valence-electron chi connectivity index (χ0n) is 35.0. The predicted octanol–water partition coefficient (Wildman–Crippen LogP) is 13.9. The van der Waals surface area contributed by atoms with Crippen LogP contribution in [0.15, 0.2) is 72.9 Å². The molecule has 0 radical (unpaired) electrons. The Morgan fingerprint density at radius 1 is 0.426 bits per heavy atom. The fourth-order valence-electron chi connectivity index (χ4n) is 5.80. The van der Waals surface area contributed by atoms with Crippen LogP contribution in [-0.4, -0.2) is 37.2 Å². The zero-order chi connectivity index (χ0) is 39.4. The van der Waals surface area contributed by atoms with E-state index in [2.05, 4.69) is 81.5 Å². The molecule has 0 amide bonds. The van der Waals surface area contributed by atoms with Crippen LogP contribution < -0.4 is 0 Å². The molecule has 0 heterocycles. The summed E-state index contributed by atoms with van der Waals surface area (Å²) in [7, 11) is 0. The Labute approximate surface area is 332 Å². The van der Waals surface area contributed by atoms with E-state index in [1.807, 2.05) is 6.08 Å². The predicted molar refractivity (Wildman–Crippen MR) is 228 cm³/mol. The van der Waals surface area contributed by atoms with Gasteiger partial charge in [-0.2, -0.15) is 0 Å². The molecule has 0 aliphatic carbocycles. The third-order valence-electron chi connectivity index (χ3n) is 9.05. The first-order valence-corrected chi connectivity index (χ1v) is 22.0. The van der Waals surface area contributed by atoms with E-state index in [4.69, 9.17) is 14.2 Å². The molecule has 0 aliphatic heterocycles. The second kappa shape index (κ2) is 42.6. The van der Waals surface area contributed by atoms with Gasteiger partial charge in [-0.15, -0.1) is 0 Å². The Hall–Kier alpha value is -3.15. The van der Waals surface area contributed by atoms with Crippen LogP contribution in [0, 0.1) is 0 Å². The van der Waals surface area contributed by atoms with Gasteiger partial charge in [-0.25, -0.2) is 0 Å². The molecule has 0 aliphatic rings. The van der Waals surface area contributed by atoms with Gasteiger partial charge in [-0.05, 0) is 51.4 Å². The first kappa shape index (κ1) is 50.9. The molecular formula is C48H80O6. The summed E-state index contributed by atoms with van der Waals surface area (Å²) in [4.78, 5) is 37.6. The van der Waals surface area contributed by atoms with Gasteiger partial charge < -0.3 is 14.2 Å². The van der Waals surface area contributed by atoms with Crippen LogP contribution >= 0.6 is 0 Å². The Kier molecular flexibility index (Phi) is 40.1. The van der Waals surface area contributed by atoms with Gasteiger partial charge >= 0.3 is 17.9 Å². The highest BCUT2D eigenvalue weighted by Gasteiger charge is 2.19. The van der Waals surface area contributed by atoms with Gasteiger partial charge in [0, 0.05) is 12.8 Å². The molecule has 54 heavy (non-hydrogen) atoms. The number of allylic oxidation sites excluding steroid dienone is 11. The molecule has 0 saturated heterocycles. The van der Waals surface area contributed by atoms with Gasteiger partial charge in [-0.1, -0.05) is 196 Å². The number of unbranched alkanes of at least 4 members (excludes halogenated alkanes) is 18. The van der Waals surface area contributed by atoms with Crippen LogP contribution in [0.5, 0.6) is 0 Å². The molecule has 0 N–H and O–H groups in total. The largest absolute Gasteiger partial charge is 0.462 e. The zero-order valence-corrected chi connectivity index (χ0v) is 35.0. The third kappa shape index (κ3) is 40.0. The lowest BCUT2D eigenvalue weighted by atomic mass is 10.0. The van der Waals surface area contributed by atoms with Crippen LogP contribution in [0.3, 0.4) is 0 Å². The number of carbonyl (C=O) groups excluding carboxylic acids is 3. The van der Waals surface area contributed by atoms with Crippen molar-refractivity contribution in [1.82, 2.24) is 0 Å². The van der Waals surface area contributed by atoms with Gasteiger partial charge in [0.2, 0.25) is 0 Å². The van der Waals surface area contributed by atoms with Crippen molar-refractivity contribution in [1.29, 1.82) is 0 Å². The molecule has 0 saturated carbocycles. The molecule has 0 aromatic heterocycles. The minimum absolute atomic E-state index is 0.108. The Bertz CT molecular complexity index is 1050. The van der Waals surface area contributed by atoms with Crippen molar-refractivity contribution in [3.05, 3.63) is 72.9 Å². The van der Waals surface area contributed by atoms with Crippen LogP contribution in [0.1, 0.15) is 194 Å². The average Bonchev–Trinajstić information content (AvgIpc) is 3.17. The van der Waals surface area contributed by atoms with E-state index in [1.165, 1.54) is 83.5 Å². The maximum atomic E-state index is 12.7. The minimum atomic E-state index is -0.811. The third-order valence-corrected chi connectivity index (χ3v) is 9.05. The fraction of sp³-hybridized carbons (Fsp3) is 0.688. The van der Waals surface area contributed by atoms with Crippen molar-refractivity contribution < 1.29 is 28.6 Å². The van der Waals surface area contributed by atoms with Crippen molar-refractivity contribution in [2.45, 2.75) is 200 Å². The second-order valence-corrected chi connectivity index (χ2v) is 14.3. The molecular weight excluding hydrogens is 673 g/mol. The number of hydrogen-bond acceptors (Lipinski definition) is 6. The van der Waals surface area contributed by atoms with Gasteiger partial charge in [-0.3, -0.25) is 14.4 Å². The Balaban J connectivity index is 4.44. The monoisotopic (exact) mass is 753 g/mol. The number of carbonyl (C=O) groups is 3. The van der Waals surface area contributed by atoms with Gasteiger partial charge in [0.05, 0.1) is 6.42 Å². The minimum Gasteiger partial charge on any atom is -0.462 e. The highest BCUT2D eigenvalue weighted by atomic mass is 16.6. The summed E-state index contributed by atoms with van der Waals surface area (Å²) in [5.74, 6) is -1.05. The van der Waals surface area contributed by atoms with E-state index in [0.717, 1.165) is 70.6 Å². The summed E-state index contributed by atoms with van der Waals surface area (Å²) in [6.45, 7) is 6.26. The lowest BCUT2D eigenvalue weighted by Gasteiger charge is -2.18. The number of rotatable bonds is 38. The van der Waals surface area contributed by atoms with Crippen molar-refractivity contribution in [2.24, 2.45) is 0 Å². The van der Waals surface area contributed by atoms with Crippen LogP contribution in [-0.2, 0) is 28.6 Å². The molecule has 1 unspecified atom stereocenters. The Morgan fingerprint density at radius 2 is 0.870 bits per heavy atom. The van der Waals surface area contributed by atoms with E-state index < -0.39 is 12.1 Å². The molecule has 0 rings (SSSR count). The van der Waals surface area contributed by atoms with Crippen LogP contribution in [0.25, 0.3) is 0 Å². The molecule has 0 aromatic carbocycles. The Morgan fingerprint density at radius 3 is 1.43 bits per heavy atom.